The second kappa shape index (κ2) is 18.4. The van der Waals surface area contributed by atoms with Crippen LogP contribution in [0.4, 0.5) is 0 Å². The highest BCUT2D eigenvalue weighted by Gasteiger charge is 2.56. The number of carboxylic acid groups (broad SMARTS) is 3. The number of hydrogen-bond donors (Lipinski definition) is 3. The van der Waals surface area contributed by atoms with E-state index in [1.807, 2.05) is 20.8 Å². The van der Waals surface area contributed by atoms with Crippen molar-refractivity contribution >= 4 is 17.9 Å². The molecule has 0 aromatic carbocycles. The van der Waals surface area contributed by atoms with E-state index in [0.717, 1.165) is 32.1 Å². The predicted molar refractivity (Wildman–Crippen MR) is 136 cm³/mol. The molecule has 0 aliphatic rings. The lowest BCUT2D eigenvalue weighted by Crippen LogP contribution is -2.72. The Labute approximate surface area is 206 Å². The van der Waals surface area contributed by atoms with Gasteiger partial charge in [-0.05, 0) is 51.4 Å². The van der Waals surface area contributed by atoms with E-state index >= 15 is 0 Å². The van der Waals surface area contributed by atoms with Crippen LogP contribution in [0, 0.1) is 0 Å². The molecule has 0 fully saturated rings. The van der Waals surface area contributed by atoms with Crippen LogP contribution < -0.4 is 0 Å². The molecule has 3 N–H and O–H groups in total. The summed E-state index contributed by atoms with van der Waals surface area (Å²) in [5.41, 5.74) is 0. The minimum atomic E-state index is -1.09. The zero-order valence-electron chi connectivity index (χ0n) is 22.0. The molecule has 7 nitrogen and oxygen atoms in total. The van der Waals surface area contributed by atoms with Gasteiger partial charge < -0.3 is 15.3 Å². The summed E-state index contributed by atoms with van der Waals surface area (Å²) in [7, 11) is 0. The molecule has 0 amide bonds. The van der Waals surface area contributed by atoms with E-state index < -0.39 is 36.0 Å². The number of aliphatic carboxylic acids is 3. The number of carbonyl (C=O) groups is 3. The van der Waals surface area contributed by atoms with Crippen LogP contribution in [0.2, 0.25) is 0 Å². The highest BCUT2D eigenvalue weighted by Crippen LogP contribution is 2.34. The molecule has 0 aliphatic carbocycles. The van der Waals surface area contributed by atoms with Gasteiger partial charge in [0.15, 0.2) is 18.1 Å². The third-order valence-electron chi connectivity index (χ3n) is 6.84. The smallest absolute Gasteiger partial charge is 0.362 e. The van der Waals surface area contributed by atoms with Gasteiger partial charge in [0.1, 0.15) is 0 Å². The first kappa shape index (κ1) is 32.1. The summed E-state index contributed by atoms with van der Waals surface area (Å²) < 4.78 is -0.382. The second-order valence-corrected chi connectivity index (χ2v) is 9.46. The first-order valence-corrected chi connectivity index (χ1v) is 13.4. The molecule has 3 unspecified atom stereocenters. The normalized spacial score (nSPS) is 16.1. The van der Waals surface area contributed by atoms with Crippen molar-refractivity contribution in [2.24, 2.45) is 0 Å². The Balaban J connectivity index is 5.90. The first-order valence-electron chi connectivity index (χ1n) is 13.4. The van der Waals surface area contributed by atoms with Crippen molar-refractivity contribution in [2.75, 3.05) is 6.54 Å². The molecule has 0 saturated heterocycles. The molecule has 0 aromatic heterocycles. The maximum absolute atomic E-state index is 12.5. The lowest BCUT2D eigenvalue weighted by molar-refractivity contribution is -0.973. The highest BCUT2D eigenvalue weighted by atomic mass is 16.4. The van der Waals surface area contributed by atoms with Gasteiger partial charge in [-0.15, -0.1) is 0 Å². The second-order valence-electron chi connectivity index (χ2n) is 9.46. The van der Waals surface area contributed by atoms with Crippen LogP contribution >= 0.6 is 0 Å². The van der Waals surface area contributed by atoms with Crippen LogP contribution in [-0.2, 0) is 14.4 Å². The molecule has 0 radical (unpaired) electrons. The standard InChI is InChI=1S/C27H49NO6/c1-5-9-10-11-12-13-14-15-16-17-21-28(22(18-6-2)25(29)30,23(19-7-3)26(31)32)24(20-8-4)27(33)34/h11-12,22-24H,5-10,13-21H2,1-4H3,(H2-,29,30,31,32,33,34)/p+1/b12-11+. The van der Waals surface area contributed by atoms with E-state index in [2.05, 4.69) is 19.1 Å². The van der Waals surface area contributed by atoms with E-state index in [0.29, 0.717) is 25.7 Å². The zero-order valence-corrected chi connectivity index (χ0v) is 22.0. The number of quaternary nitrogens is 1. The Bertz CT molecular complexity index is 558. The van der Waals surface area contributed by atoms with Gasteiger partial charge in [0, 0.05) is 19.3 Å². The topological polar surface area (TPSA) is 112 Å². The molecular formula is C27H50NO6+. The molecule has 34 heavy (non-hydrogen) atoms. The fraction of sp³-hybridized carbons (Fsp3) is 0.815. The fourth-order valence-corrected chi connectivity index (χ4v) is 5.21. The molecule has 0 saturated carbocycles. The van der Waals surface area contributed by atoms with Crippen LogP contribution in [-0.4, -0.2) is 62.4 Å². The van der Waals surface area contributed by atoms with E-state index in [1.165, 1.54) is 12.8 Å². The Hall–Kier alpha value is -1.89. The summed E-state index contributed by atoms with van der Waals surface area (Å²) in [6.07, 6.45) is 14.8. The summed E-state index contributed by atoms with van der Waals surface area (Å²) >= 11 is 0. The van der Waals surface area contributed by atoms with Crippen LogP contribution in [0.25, 0.3) is 0 Å². The molecule has 0 aliphatic heterocycles. The average Bonchev–Trinajstić information content (AvgIpc) is 2.78. The molecule has 198 valence electrons. The van der Waals surface area contributed by atoms with E-state index in [1.54, 1.807) is 0 Å². The molecule has 0 aromatic rings. The number of unbranched alkanes of at least 4 members (excludes halogenated alkanes) is 6. The Morgan fingerprint density at radius 2 is 0.971 bits per heavy atom. The molecule has 3 atom stereocenters. The highest BCUT2D eigenvalue weighted by molar-refractivity contribution is 5.78. The minimum absolute atomic E-state index is 0.261. The fourth-order valence-electron chi connectivity index (χ4n) is 5.21. The summed E-state index contributed by atoms with van der Waals surface area (Å²) in [4.78, 5) is 37.4. The van der Waals surface area contributed by atoms with Crippen LogP contribution in [0.15, 0.2) is 12.2 Å². The molecule has 0 bridgehead atoms. The summed E-state index contributed by atoms with van der Waals surface area (Å²) in [5.74, 6) is -3.28. The maximum Gasteiger partial charge on any atom is 0.362 e. The zero-order chi connectivity index (χ0) is 26.0. The summed E-state index contributed by atoms with van der Waals surface area (Å²) in [6.45, 7) is 8.03. The minimum Gasteiger partial charge on any atom is -0.477 e. The third-order valence-corrected chi connectivity index (χ3v) is 6.84. The van der Waals surface area contributed by atoms with Gasteiger partial charge in [0.05, 0.1) is 6.54 Å². The molecule has 0 heterocycles. The van der Waals surface area contributed by atoms with Crippen molar-refractivity contribution in [3.8, 4) is 0 Å². The first-order chi connectivity index (χ1) is 16.2. The Morgan fingerprint density at radius 1 is 0.588 bits per heavy atom. The van der Waals surface area contributed by atoms with E-state index in [4.69, 9.17) is 0 Å². The number of allylic oxidation sites excluding steroid dienone is 2. The van der Waals surface area contributed by atoms with Crippen LogP contribution in [0.1, 0.15) is 118 Å². The van der Waals surface area contributed by atoms with E-state index in [-0.39, 0.29) is 30.3 Å². The predicted octanol–water partition coefficient (Wildman–Crippen LogP) is 6.26. The summed E-state index contributed by atoms with van der Waals surface area (Å²) in [5, 5.41) is 30.6. The largest absolute Gasteiger partial charge is 0.477 e. The number of hydrogen-bond acceptors (Lipinski definition) is 3. The van der Waals surface area contributed by atoms with Gasteiger partial charge in [0.25, 0.3) is 0 Å². The van der Waals surface area contributed by atoms with Gasteiger partial charge in [-0.2, -0.15) is 0 Å². The summed E-state index contributed by atoms with van der Waals surface area (Å²) in [6, 6.07) is -3.15. The van der Waals surface area contributed by atoms with E-state index in [9.17, 15) is 29.7 Å². The number of rotatable bonds is 22. The van der Waals surface area contributed by atoms with Crippen molar-refractivity contribution in [3.63, 3.8) is 0 Å². The maximum atomic E-state index is 12.5. The van der Waals surface area contributed by atoms with Gasteiger partial charge in [-0.1, -0.05) is 59.1 Å². The Morgan fingerprint density at radius 3 is 1.32 bits per heavy atom. The monoisotopic (exact) mass is 484 g/mol. The average molecular weight is 485 g/mol. The lowest BCUT2D eigenvalue weighted by atomic mass is 9.91. The van der Waals surface area contributed by atoms with Crippen molar-refractivity contribution in [3.05, 3.63) is 12.2 Å². The van der Waals surface area contributed by atoms with Gasteiger partial charge in [-0.25, -0.2) is 14.4 Å². The third kappa shape index (κ3) is 10.2. The van der Waals surface area contributed by atoms with Crippen molar-refractivity contribution in [1.29, 1.82) is 0 Å². The molecular weight excluding hydrogens is 434 g/mol. The number of nitrogens with zero attached hydrogens (tertiary/aromatic N) is 1. The van der Waals surface area contributed by atoms with Crippen molar-refractivity contribution in [2.45, 2.75) is 136 Å². The van der Waals surface area contributed by atoms with Gasteiger partial charge >= 0.3 is 17.9 Å². The van der Waals surface area contributed by atoms with Crippen LogP contribution in [0.5, 0.6) is 0 Å². The molecule has 0 spiro atoms. The SMILES string of the molecule is CCCC/C=C/CCCCCC[N+](C(CCC)C(=O)O)(C(CCC)C(=O)O)C(CCC)C(=O)O. The van der Waals surface area contributed by atoms with Gasteiger partial charge in [0.2, 0.25) is 0 Å². The quantitative estimate of drug-likeness (QED) is 0.0950. The van der Waals surface area contributed by atoms with Gasteiger partial charge in [-0.3, -0.25) is 4.48 Å². The lowest BCUT2D eigenvalue weighted by Gasteiger charge is -2.50. The van der Waals surface area contributed by atoms with Crippen LogP contribution in [0.3, 0.4) is 0 Å². The van der Waals surface area contributed by atoms with Crippen molar-refractivity contribution in [1.82, 2.24) is 0 Å². The molecule has 7 heteroatoms. The van der Waals surface area contributed by atoms with Crippen molar-refractivity contribution < 1.29 is 34.2 Å². The Kier molecular flexibility index (Phi) is 17.4. The molecule has 0 rings (SSSR count). The number of carboxylic acids is 3.